The van der Waals surface area contributed by atoms with E-state index in [1.54, 1.807) is 6.07 Å². The number of nitrogens with zero attached hydrogens (tertiary/aromatic N) is 2. The summed E-state index contributed by atoms with van der Waals surface area (Å²) in [5.41, 5.74) is 0.369. The van der Waals surface area contributed by atoms with Crippen LogP contribution in [0.4, 0.5) is 0 Å². The van der Waals surface area contributed by atoms with E-state index in [0.29, 0.717) is 11.7 Å². The molecular formula is C15H23N3O3. The maximum absolute atomic E-state index is 12.2. The van der Waals surface area contributed by atoms with Crippen LogP contribution in [0.15, 0.2) is 10.6 Å². The lowest BCUT2D eigenvalue weighted by Gasteiger charge is -2.33. The second-order valence-corrected chi connectivity index (χ2v) is 6.43. The third-order valence-corrected chi connectivity index (χ3v) is 4.26. The molecule has 0 saturated carbocycles. The number of rotatable bonds is 3. The Morgan fingerprint density at radius 1 is 1.48 bits per heavy atom. The van der Waals surface area contributed by atoms with Crippen molar-refractivity contribution < 1.29 is 14.1 Å². The second-order valence-electron chi connectivity index (χ2n) is 6.43. The van der Waals surface area contributed by atoms with Crippen molar-refractivity contribution >= 4 is 5.91 Å². The van der Waals surface area contributed by atoms with E-state index >= 15 is 0 Å². The average Bonchev–Trinajstić information content (AvgIpc) is 3.03. The first kappa shape index (κ1) is 14.5. The predicted molar refractivity (Wildman–Crippen MR) is 77.2 cm³/mol. The standard InChI is InChI=1S/C15H23N3O3/c1-9(2)14-5-13(17-21-14)15(19)16-11-4-12-8-20-10(3)6-18(12)7-11/h5,9-12H,4,6-8H2,1-3H3,(H,16,19)/t10-,11+,12+/m1/s1. The molecule has 0 unspecified atom stereocenters. The highest BCUT2D eigenvalue weighted by Gasteiger charge is 2.37. The molecule has 6 heteroatoms. The van der Waals surface area contributed by atoms with Crippen molar-refractivity contribution in [2.24, 2.45) is 0 Å². The number of carbonyl (C=O) groups is 1. The Balaban J connectivity index is 1.58. The quantitative estimate of drug-likeness (QED) is 0.912. The van der Waals surface area contributed by atoms with Crippen molar-refractivity contribution in [1.29, 1.82) is 0 Å². The Hall–Kier alpha value is -1.40. The molecule has 0 aromatic carbocycles. The Kier molecular flexibility index (Phi) is 3.99. The van der Waals surface area contributed by atoms with Gasteiger partial charge in [-0.3, -0.25) is 9.69 Å². The zero-order chi connectivity index (χ0) is 15.0. The molecule has 1 amide bonds. The summed E-state index contributed by atoms with van der Waals surface area (Å²) < 4.78 is 10.9. The number of ether oxygens (including phenoxy) is 1. The number of fused-ring (bicyclic) bond motifs is 1. The Morgan fingerprint density at radius 3 is 3.00 bits per heavy atom. The Labute approximate surface area is 124 Å². The molecule has 3 heterocycles. The molecule has 1 N–H and O–H groups in total. The highest BCUT2D eigenvalue weighted by atomic mass is 16.5. The molecule has 21 heavy (non-hydrogen) atoms. The van der Waals surface area contributed by atoms with Crippen molar-refractivity contribution in [2.75, 3.05) is 19.7 Å². The number of hydrogen-bond donors (Lipinski definition) is 1. The van der Waals surface area contributed by atoms with Crippen LogP contribution in [0, 0.1) is 0 Å². The maximum Gasteiger partial charge on any atom is 0.273 e. The fraction of sp³-hybridized carbons (Fsp3) is 0.733. The van der Waals surface area contributed by atoms with E-state index in [4.69, 9.17) is 9.26 Å². The van der Waals surface area contributed by atoms with E-state index in [1.807, 2.05) is 13.8 Å². The molecule has 0 spiro atoms. The number of aromatic nitrogens is 1. The van der Waals surface area contributed by atoms with Gasteiger partial charge in [0.25, 0.3) is 5.91 Å². The van der Waals surface area contributed by atoms with Gasteiger partial charge >= 0.3 is 0 Å². The average molecular weight is 293 g/mol. The lowest BCUT2D eigenvalue weighted by Crippen LogP contribution is -2.45. The van der Waals surface area contributed by atoms with Gasteiger partial charge in [-0.2, -0.15) is 0 Å². The Morgan fingerprint density at radius 2 is 2.29 bits per heavy atom. The molecule has 116 valence electrons. The number of carbonyl (C=O) groups excluding carboxylic acids is 1. The van der Waals surface area contributed by atoms with Gasteiger partial charge in [-0.25, -0.2) is 0 Å². The van der Waals surface area contributed by atoms with Gasteiger partial charge in [0.05, 0.1) is 12.7 Å². The van der Waals surface area contributed by atoms with E-state index in [0.717, 1.165) is 31.9 Å². The molecule has 3 atom stereocenters. The molecule has 0 radical (unpaired) electrons. The first-order valence-corrected chi connectivity index (χ1v) is 7.66. The molecule has 3 rings (SSSR count). The predicted octanol–water partition coefficient (Wildman–Crippen LogP) is 1.39. The van der Waals surface area contributed by atoms with Crippen LogP contribution in [-0.4, -0.2) is 53.8 Å². The lowest BCUT2D eigenvalue weighted by atomic mass is 10.1. The van der Waals surface area contributed by atoms with Gasteiger partial charge in [0.1, 0.15) is 5.76 Å². The van der Waals surface area contributed by atoms with Gasteiger partial charge in [-0.1, -0.05) is 19.0 Å². The number of nitrogens with one attached hydrogen (secondary N) is 1. The van der Waals surface area contributed by atoms with Crippen LogP contribution in [0.25, 0.3) is 0 Å². The number of amides is 1. The third-order valence-electron chi connectivity index (χ3n) is 4.26. The van der Waals surface area contributed by atoms with Gasteiger partial charge in [0, 0.05) is 37.2 Å². The van der Waals surface area contributed by atoms with Crippen LogP contribution < -0.4 is 5.32 Å². The highest BCUT2D eigenvalue weighted by molar-refractivity contribution is 5.92. The lowest BCUT2D eigenvalue weighted by molar-refractivity contribution is -0.0390. The summed E-state index contributed by atoms with van der Waals surface area (Å²) >= 11 is 0. The molecule has 1 aromatic rings. The first-order chi connectivity index (χ1) is 10.0. The van der Waals surface area contributed by atoms with Crippen molar-refractivity contribution in [3.63, 3.8) is 0 Å². The summed E-state index contributed by atoms with van der Waals surface area (Å²) in [6.45, 7) is 8.70. The topological polar surface area (TPSA) is 67.6 Å². The maximum atomic E-state index is 12.2. The van der Waals surface area contributed by atoms with Gasteiger partial charge in [-0.15, -0.1) is 0 Å². The third kappa shape index (κ3) is 3.11. The summed E-state index contributed by atoms with van der Waals surface area (Å²) in [4.78, 5) is 14.6. The fourth-order valence-electron chi connectivity index (χ4n) is 3.07. The van der Waals surface area contributed by atoms with E-state index in [1.165, 1.54) is 0 Å². The first-order valence-electron chi connectivity index (χ1n) is 7.66. The molecule has 2 aliphatic rings. The highest BCUT2D eigenvalue weighted by Crippen LogP contribution is 2.23. The van der Waals surface area contributed by atoms with Gasteiger partial charge in [0.2, 0.25) is 0 Å². The summed E-state index contributed by atoms with van der Waals surface area (Å²) in [6.07, 6.45) is 1.22. The summed E-state index contributed by atoms with van der Waals surface area (Å²) in [7, 11) is 0. The van der Waals surface area contributed by atoms with Crippen LogP contribution in [0.1, 0.15) is 49.4 Å². The van der Waals surface area contributed by atoms with Crippen molar-refractivity contribution in [3.8, 4) is 0 Å². The largest absolute Gasteiger partial charge is 0.376 e. The summed E-state index contributed by atoms with van der Waals surface area (Å²) in [6, 6.07) is 2.32. The molecule has 0 aliphatic carbocycles. The monoisotopic (exact) mass is 293 g/mol. The minimum absolute atomic E-state index is 0.149. The SMILES string of the molecule is CC(C)c1cc(C(=O)N[C@H]2C[C@H]3CO[C@H](C)CN3C2)no1. The smallest absolute Gasteiger partial charge is 0.273 e. The molecule has 0 bridgehead atoms. The van der Waals surface area contributed by atoms with Crippen molar-refractivity contribution in [1.82, 2.24) is 15.4 Å². The van der Waals surface area contributed by atoms with Gasteiger partial charge in [0.15, 0.2) is 5.69 Å². The molecule has 2 aliphatic heterocycles. The van der Waals surface area contributed by atoms with Crippen LogP contribution in [0.3, 0.4) is 0 Å². The fourth-order valence-corrected chi connectivity index (χ4v) is 3.07. The van der Waals surface area contributed by atoms with E-state index in [2.05, 4.69) is 22.3 Å². The second kappa shape index (κ2) is 5.77. The number of hydrogen-bond acceptors (Lipinski definition) is 5. The van der Waals surface area contributed by atoms with Crippen LogP contribution in [0.2, 0.25) is 0 Å². The molecule has 1 aromatic heterocycles. The van der Waals surface area contributed by atoms with Crippen molar-refractivity contribution in [3.05, 3.63) is 17.5 Å². The summed E-state index contributed by atoms with van der Waals surface area (Å²) in [5, 5.41) is 6.92. The zero-order valence-corrected chi connectivity index (χ0v) is 12.8. The Bertz CT molecular complexity index is 514. The molecule has 2 fully saturated rings. The van der Waals surface area contributed by atoms with Crippen LogP contribution >= 0.6 is 0 Å². The van der Waals surface area contributed by atoms with Gasteiger partial charge < -0.3 is 14.6 Å². The van der Waals surface area contributed by atoms with Crippen molar-refractivity contribution in [2.45, 2.75) is 51.3 Å². The zero-order valence-electron chi connectivity index (χ0n) is 12.8. The molecule has 6 nitrogen and oxygen atoms in total. The van der Waals surface area contributed by atoms with Crippen LogP contribution in [0.5, 0.6) is 0 Å². The molecular weight excluding hydrogens is 270 g/mol. The normalized spacial score (nSPS) is 29.6. The van der Waals surface area contributed by atoms with E-state index < -0.39 is 0 Å². The van der Waals surface area contributed by atoms with E-state index in [-0.39, 0.29) is 24.0 Å². The summed E-state index contributed by atoms with van der Waals surface area (Å²) in [5.74, 6) is 0.828. The minimum Gasteiger partial charge on any atom is -0.376 e. The van der Waals surface area contributed by atoms with Crippen LogP contribution in [-0.2, 0) is 4.74 Å². The molecule has 2 saturated heterocycles. The van der Waals surface area contributed by atoms with Gasteiger partial charge in [-0.05, 0) is 13.3 Å². The minimum atomic E-state index is -0.149. The van der Waals surface area contributed by atoms with E-state index in [9.17, 15) is 4.79 Å². The number of morpholine rings is 1.